The van der Waals surface area contributed by atoms with Gasteiger partial charge in [0.15, 0.2) is 0 Å². The van der Waals surface area contributed by atoms with Crippen LogP contribution in [0.15, 0.2) is 24.3 Å². The van der Waals surface area contributed by atoms with E-state index in [9.17, 15) is 14.4 Å². The van der Waals surface area contributed by atoms with Gasteiger partial charge in [-0.3, -0.25) is 4.79 Å². The lowest BCUT2D eigenvalue weighted by atomic mass is 10.1. The van der Waals surface area contributed by atoms with Crippen molar-refractivity contribution in [3.8, 4) is 0 Å². The number of likely N-dealkylation sites (tertiary alicyclic amines) is 1. The summed E-state index contributed by atoms with van der Waals surface area (Å²) in [6.07, 6.45) is 0.298. The Hall–Kier alpha value is -2.57. The highest BCUT2D eigenvalue weighted by molar-refractivity contribution is 5.93. The number of rotatable bonds is 4. The molecule has 1 heterocycles. The van der Waals surface area contributed by atoms with Crippen molar-refractivity contribution in [3.05, 3.63) is 29.8 Å². The van der Waals surface area contributed by atoms with Crippen molar-refractivity contribution < 1.29 is 19.1 Å². The number of carbonyl (C=O) groups excluding carboxylic acids is 3. The van der Waals surface area contributed by atoms with E-state index in [0.717, 1.165) is 0 Å². The van der Waals surface area contributed by atoms with Gasteiger partial charge in [0.1, 0.15) is 0 Å². The van der Waals surface area contributed by atoms with Crippen LogP contribution in [0, 0.1) is 0 Å². The van der Waals surface area contributed by atoms with Gasteiger partial charge >= 0.3 is 12.0 Å². The highest BCUT2D eigenvalue weighted by Crippen LogP contribution is 2.22. The van der Waals surface area contributed by atoms with Crippen LogP contribution in [0.5, 0.6) is 0 Å². The topological polar surface area (TPSA) is 87.7 Å². The van der Waals surface area contributed by atoms with Gasteiger partial charge in [-0.15, -0.1) is 0 Å². The zero-order valence-corrected chi connectivity index (χ0v) is 15.1. The average molecular weight is 347 g/mol. The van der Waals surface area contributed by atoms with Gasteiger partial charge in [-0.1, -0.05) is 0 Å². The summed E-state index contributed by atoms with van der Waals surface area (Å²) in [6, 6.07) is 5.85. The van der Waals surface area contributed by atoms with Crippen LogP contribution in [0.2, 0.25) is 0 Å². The molecule has 7 nitrogen and oxygen atoms in total. The van der Waals surface area contributed by atoms with Gasteiger partial charge in [-0.25, -0.2) is 9.59 Å². The van der Waals surface area contributed by atoms with E-state index in [0.29, 0.717) is 30.8 Å². The average Bonchev–Trinajstić information content (AvgIpc) is 2.88. The molecule has 1 atom stereocenters. The first-order chi connectivity index (χ1) is 11.7. The molecule has 3 amide bonds. The second-order valence-corrected chi connectivity index (χ2v) is 6.97. The molecule has 0 bridgehead atoms. The molecule has 0 radical (unpaired) electrons. The number of nitrogens with one attached hydrogen (secondary N) is 2. The van der Waals surface area contributed by atoms with Gasteiger partial charge in [0.05, 0.1) is 18.2 Å². The molecule has 7 heteroatoms. The SMILES string of the molecule is CCOC(=O)c1ccc(NC(=O)NC2CC(=O)N(C(C)(C)C)C2)cc1. The Bertz CT molecular complexity index is 649. The lowest BCUT2D eigenvalue weighted by Crippen LogP contribution is -2.45. The number of benzene rings is 1. The van der Waals surface area contributed by atoms with E-state index >= 15 is 0 Å². The van der Waals surface area contributed by atoms with Crippen LogP contribution in [0.25, 0.3) is 0 Å². The smallest absolute Gasteiger partial charge is 0.338 e. The van der Waals surface area contributed by atoms with E-state index in [1.807, 2.05) is 20.8 Å². The Balaban J connectivity index is 1.89. The van der Waals surface area contributed by atoms with Crippen molar-refractivity contribution in [3.63, 3.8) is 0 Å². The molecule has 1 fully saturated rings. The summed E-state index contributed by atoms with van der Waals surface area (Å²) in [6.45, 7) is 8.46. The maximum Gasteiger partial charge on any atom is 0.338 e. The first-order valence-electron chi connectivity index (χ1n) is 8.36. The molecule has 1 aromatic rings. The maximum absolute atomic E-state index is 12.1. The van der Waals surface area contributed by atoms with Gasteiger partial charge in [-0.2, -0.15) is 0 Å². The Kier molecular flexibility index (Phi) is 5.66. The van der Waals surface area contributed by atoms with Crippen molar-refractivity contribution in [2.75, 3.05) is 18.5 Å². The van der Waals surface area contributed by atoms with Crippen molar-refractivity contribution in [2.45, 2.75) is 45.7 Å². The van der Waals surface area contributed by atoms with Crippen molar-refractivity contribution in [2.24, 2.45) is 0 Å². The standard InChI is InChI=1S/C18H25N3O4/c1-5-25-16(23)12-6-8-13(9-7-12)19-17(24)20-14-10-15(22)21(11-14)18(2,3)4/h6-9,14H,5,10-11H2,1-4H3,(H2,19,20,24). The number of urea groups is 1. The first kappa shape index (κ1) is 18.8. The molecule has 0 saturated carbocycles. The molecular formula is C18H25N3O4. The number of nitrogens with zero attached hydrogens (tertiary/aromatic N) is 1. The summed E-state index contributed by atoms with van der Waals surface area (Å²) < 4.78 is 4.91. The van der Waals surface area contributed by atoms with E-state index in [1.54, 1.807) is 36.1 Å². The highest BCUT2D eigenvalue weighted by Gasteiger charge is 2.36. The predicted molar refractivity (Wildman–Crippen MR) is 94.4 cm³/mol. The van der Waals surface area contributed by atoms with Crippen LogP contribution < -0.4 is 10.6 Å². The lowest BCUT2D eigenvalue weighted by molar-refractivity contribution is -0.131. The molecule has 2 rings (SSSR count). The zero-order valence-electron chi connectivity index (χ0n) is 15.1. The number of anilines is 1. The van der Waals surface area contributed by atoms with Crippen LogP contribution in [0.1, 0.15) is 44.5 Å². The monoisotopic (exact) mass is 347 g/mol. The van der Waals surface area contributed by atoms with Crippen LogP contribution in [-0.4, -0.2) is 47.5 Å². The second-order valence-electron chi connectivity index (χ2n) is 6.97. The molecule has 0 aromatic heterocycles. The summed E-state index contributed by atoms with van der Waals surface area (Å²) in [5, 5.41) is 5.52. The van der Waals surface area contributed by atoms with Crippen LogP contribution in [0.3, 0.4) is 0 Å². The van der Waals surface area contributed by atoms with Gasteiger partial charge in [0, 0.05) is 24.2 Å². The molecule has 2 N–H and O–H groups in total. The van der Waals surface area contributed by atoms with E-state index in [1.165, 1.54) is 0 Å². The quantitative estimate of drug-likeness (QED) is 0.819. The van der Waals surface area contributed by atoms with Gasteiger partial charge in [0.25, 0.3) is 0 Å². The number of ether oxygens (including phenoxy) is 1. The molecule has 1 aromatic carbocycles. The Morgan fingerprint density at radius 1 is 1.24 bits per heavy atom. The summed E-state index contributed by atoms with van der Waals surface area (Å²) >= 11 is 0. The molecule has 1 unspecified atom stereocenters. The van der Waals surface area contributed by atoms with E-state index in [2.05, 4.69) is 10.6 Å². The minimum Gasteiger partial charge on any atom is -0.462 e. The largest absolute Gasteiger partial charge is 0.462 e. The molecule has 0 aliphatic carbocycles. The Morgan fingerprint density at radius 3 is 2.40 bits per heavy atom. The van der Waals surface area contributed by atoms with Crippen LogP contribution in [0.4, 0.5) is 10.5 Å². The fourth-order valence-electron chi connectivity index (χ4n) is 2.71. The molecule has 136 valence electrons. The van der Waals surface area contributed by atoms with Gasteiger partial charge in [-0.05, 0) is 52.0 Å². The summed E-state index contributed by atoms with van der Waals surface area (Å²) in [4.78, 5) is 37.5. The van der Waals surface area contributed by atoms with Crippen LogP contribution >= 0.6 is 0 Å². The minimum atomic E-state index is -0.398. The Morgan fingerprint density at radius 2 is 1.88 bits per heavy atom. The second kappa shape index (κ2) is 7.55. The molecule has 25 heavy (non-hydrogen) atoms. The lowest BCUT2D eigenvalue weighted by Gasteiger charge is -2.32. The van der Waals surface area contributed by atoms with E-state index < -0.39 is 5.97 Å². The van der Waals surface area contributed by atoms with Crippen molar-refractivity contribution in [1.29, 1.82) is 0 Å². The molecule has 1 aliphatic heterocycles. The molecular weight excluding hydrogens is 322 g/mol. The number of hydrogen-bond acceptors (Lipinski definition) is 4. The third-order valence-corrected chi connectivity index (χ3v) is 3.92. The number of carbonyl (C=O) groups is 3. The van der Waals surface area contributed by atoms with Crippen molar-refractivity contribution >= 4 is 23.6 Å². The third-order valence-electron chi connectivity index (χ3n) is 3.92. The van der Waals surface area contributed by atoms with Gasteiger partial charge in [0.2, 0.25) is 5.91 Å². The first-order valence-corrected chi connectivity index (χ1v) is 8.36. The fourth-order valence-corrected chi connectivity index (χ4v) is 2.71. The van der Waals surface area contributed by atoms with Gasteiger partial charge < -0.3 is 20.3 Å². The van der Waals surface area contributed by atoms with Crippen LogP contribution in [-0.2, 0) is 9.53 Å². The molecule has 1 aliphatic rings. The summed E-state index contributed by atoms with van der Waals surface area (Å²) in [5.41, 5.74) is 0.727. The highest BCUT2D eigenvalue weighted by atomic mass is 16.5. The number of esters is 1. The maximum atomic E-state index is 12.1. The van der Waals surface area contributed by atoms with E-state index in [-0.39, 0.29) is 23.5 Å². The minimum absolute atomic E-state index is 0.0385. The predicted octanol–water partition coefficient (Wildman–Crippen LogP) is 2.38. The Labute approximate surface area is 147 Å². The molecule has 1 saturated heterocycles. The summed E-state index contributed by atoms with van der Waals surface area (Å²) in [7, 11) is 0. The van der Waals surface area contributed by atoms with Crippen molar-refractivity contribution in [1.82, 2.24) is 10.2 Å². The zero-order chi connectivity index (χ0) is 18.6. The number of hydrogen-bond donors (Lipinski definition) is 2. The third kappa shape index (κ3) is 4.95. The summed E-state index contributed by atoms with van der Waals surface area (Å²) in [5.74, 6) is -0.359. The molecule has 0 spiro atoms. The van der Waals surface area contributed by atoms with E-state index in [4.69, 9.17) is 4.74 Å². The number of amides is 3. The fraction of sp³-hybridized carbons (Fsp3) is 0.500. The normalized spacial score (nSPS) is 17.4.